The van der Waals surface area contributed by atoms with Crippen molar-refractivity contribution in [3.63, 3.8) is 0 Å². The Balaban J connectivity index is 2.82. The quantitative estimate of drug-likeness (QED) is 0.348. The van der Waals surface area contributed by atoms with E-state index in [4.69, 9.17) is 14.2 Å². The third-order valence-electron chi connectivity index (χ3n) is 2.78. The van der Waals surface area contributed by atoms with Gasteiger partial charge in [-0.05, 0) is 24.3 Å². The summed E-state index contributed by atoms with van der Waals surface area (Å²) >= 11 is 0. The second-order valence-electron chi connectivity index (χ2n) is 4.61. The van der Waals surface area contributed by atoms with Crippen LogP contribution in [0.25, 0.3) is 0 Å². The Kier molecular flexibility index (Phi) is 8.13. The highest BCUT2D eigenvalue weighted by Gasteiger charge is 2.38. The van der Waals surface area contributed by atoms with Crippen LogP contribution in [-0.4, -0.2) is 60.1 Å². The Hall–Kier alpha value is -1.85. The maximum absolute atomic E-state index is 13.1. The van der Waals surface area contributed by atoms with E-state index in [1.165, 1.54) is 26.4 Å². The Morgan fingerprint density at radius 2 is 1.72 bits per heavy atom. The van der Waals surface area contributed by atoms with Crippen LogP contribution in [0.3, 0.4) is 0 Å². The van der Waals surface area contributed by atoms with Crippen LogP contribution in [-0.2, 0) is 23.9 Å². The van der Waals surface area contributed by atoms with E-state index < -0.39 is 27.8 Å². The van der Waals surface area contributed by atoms with Gasteiger partial charge in [0.05, 0.1) is 26.9 Å². The van der Waals surface area contributed by atoms with E-state index in [-0.39, 0.29) is 25.4 Å². The molecule has 0 radical (unpaired) electrons. The number of alkyl halides is 3. The van der Waals surface area contributed by atoms with Gasteiger partial charge >= 0.3 is 16.3 Å². The molecular formula is C14H18F3NO6S. The van der Waals surface area contributed by atoms with E-state index in [2.05, 4.69) is 9.44 Å². The molecule has 0 fully saturated rings. The number of hydrogen-bond acceptors (Lipinski definition) is 7. The number of halogens is 3. The summed E-state index contributed by atoms with van der Waals surface area (Å²) in [4.78, 5) is 0. The van der Waals surface area contributed by atoms with E-state index in [0.29, 0.717) is 5.75 Å². The minimum Gasteiger partial charge on any atom is -0.497 e. The van der Waals surface area contributed by atoms with Crippen LogP contribution in [0.1, 0.15) is 5.56 Å². The zero-order chi connectivity index (χ0) is 18.9. The summed E-state index contributed by atoms with van der Waals surface area (Å²) in [6.45, 7) is 0.148. The number of oxime groups is 1. The average Bonchev–Trinajstić information content (AvgIpc) is 2.54. The summed E-state index contributed by atoms with van der Waals surface area (Å²) in [5, 5.41) is 2.79. The minimum absolute atomic E-state index is 0.148. The molecule has 25 heavy (non-hydrogen) atoms. The molecule has 0 spiro atoms. The lowest BCUT2D eigenvalue weighted by Crippen LogP contribution is -2.25. The molecule has 0 aliphatic rings. The second-order valence-corrected chi connectivity index (χ2v) is 6.28. The molecular weight excluding hydrogens is 367 g/mol. The first-order valence-corrected chi connectivity index (χ1v) is 8.55. The van der Waals surface area contributed by atoms with Crippen LogP contribution >= 0.6 is 0 Å². The third-order valence-corrected chi connectivity index (χ3v) is 3.75. The minimum atomic E-state index is -4.90. The van der Waals surface area contributed by atoms with Crippen molar-refractivity contribution in [1.82, 2.24) is 0 Å². The summed E-state index contributed by atoms with van der Waals surface area (Å²) in [6.07, 6.45) is -4.90. The third kappa shape index (κ3) is 7.71. The van der Waals surface area contributed by atoms with Crippen molar-refractivity contribution in [2.45, 2.75) is 6.18 Å². The molecule has 1 aromatic carbocycles. The SMILES string of the molecule is COCCOCCS(=O)(=O)ON=C(c1ccc(OC)cc1)C(F)(F)F. The molecule has 1 aromatic rings. The summed E-state index contributed by atoms with van der Waals surface area (Å²) in [5.74, 6) is -0.305. The number of methoxy groups -OCH3 is 2. The van der Waals surface area contributed by atoms with E-state index in [0.717, 1.165) is 12.1 Å². The first-order valence-electron chi connectivity index (χ1n) is 6.97. The van der Waals surface area contributed by atoms with Crippen molar-refractivity contribution in [1.29, 1.82) is 0 Å². The number of benzene rings is 1. The first kappa shape index (κ1) is 21.2. The normalized spacial score (nSPS) is 12.9. The van der Waals surface area contributed by atoms with E-state index in [1.54, 1.807) is 0 Å². The molecule has 0 atom stereocenters. The predicted molar refractivity (Wildman–Crippen MR) is 83.2 cm³/mol. The van der Waals surface area contributed by atoms with E-state index >= 15 is 0 Å². The van der Waals surface area contributed by atoms with Crippen LogP contribution in [0.2, 0.25) is 0 Å². The molecule has 11 heteroatoms. The fraction of sp³-hybridized carbons (Fsp3) is 0.500. The van der Waals surface area contributed by atoms with Crippen molar-refractivity contribution in [2.75, 3.05) is 39.8 Å². The zero-order valence-corrected chi connectivity index (χ0v) is 14.4. The monoisotopic (exact) mass is 385 g/mol. The van der Waals surface area contributed by atoms with Crippen molar-refractivity contribution in [3.05, 3.63) is 29.8 Å². The lowest BCUT2D eigenvalue weighted by atomic mass is 10.1. The van der Waals surface area contributed by atoms with Crippen molar-refractivity contribution >= 4 is 15.8 Å². The highest BCUT2D eigenvalue weighted by atomic mass is 32.2. The molecule has 0 unspecified atom stereocenters. The molecule has 0 saturated heterocycles. The lowest BCUT2D eigenvalue weighted by Gasteiger charge is -2.11. The van der Waals surface area contributed by atoms with Gasteiger partial charge in [0.1, 0.15) is 11.5 Å². The van der Waals surface area contributed by atoms with Crippen molar-refractivity contribution in [2.24, 2.45) is 5.16 Å². The molecule has 0 bridgehead atoms. The maximum Gasteiger partial charge on any atom is 0.437 e. The molecule has 0 heterocycles. The average molecular weight is 385 g/mol. The summed E-state index contributed by atoms with van der Waals surface area (Å²) in [5.41, 5.74) is -1.83. The topological polar surface area (TPSA) is 83.4 Å². The highest BCUT2D eigenvalue weighted by molar-refractivity contribution is 7.86. The van der Waals surface area contributed by atoms with Gasteiger partial charge in [-0.25, -0.2) is 0 Å². The zero-order valence-electron chi connectivity index (χ0n) is 13.6. The molecule has 0 amide bonds. The number of ether oxygens (including phenoxy) is 3. The summed E-state index contributed by atoms with van der Waals surface area (Å²) < 4.78 is 81.0. The van der Waals surface area contributed by atoms with E-state index in [1.807, 2.05) is 0 Å². The molecule has 0 saturated carbocycles. The highest BCUT2D eigenvalue weighted by Crippen LogP contribution is 2.24. The Morgan fingerprint density at radius 3 is 2.24 bits per heavy atom. The molecule has 0 aromatic heterocycles. The Morgan fingerprint density at radius 1 is 1.08 bits per heavy atom. The molecule has 0 N–H and O–H groups in total. The predicted octanol–water partition coefficient (Wildman–Crippen LogP) is 1.97. The van der Waals surface area contributed by atoms with Crippen LogP contribution in [0.15, 0.2) is 29.4 Å². The first-order chi connectivity index (χ1) is 11.7. The molecule has 142 valence electrons. The fourth-order valence-corrected chi connectivity index (χ4v) is 2.14. The largest absolute Gasteiger partial charge is 0.497 e. The summed E-state index contributed by atoms with van der Waals surface area (Å²) in [7, 11) is -1.52. The van der Waals surface area contributed by atoms with Gasteiger partial charge < -0.3 is 14.2 Å². The van der Waals surface area contributed by atoms with Gasteiger partial charge in [-0.2, -0.15) is 21.6 Å². The summed E-state index contributed by atoms with van der Waals surface area (Å²) in [6, 6.07) is 4.76. The maximum atomic E-state index is 13.1. The molecule has 0 aliphatic heterocycles. The standard InChI is InChI=1S/C14H18F3NO6S/c1-21-7-8-23-9-10-25(19,20)24-18-13(14(15,16)17)11-3-5-12(22-2)6-4-11/h3-6H,7-10H2,1-2H3. The van der Waals surface area contributed by atoms with Crippen LogP contribution < -0.4 is 4.74 Å². The Labute approximate surface area is 143 Å². The molecule has 7 nitrogen and oxygen atoms in total. The fourth-order valence-electron chi connectivity index (χ4n) is 1.55. The number of hydrogen-bond donors (Lipinski definition) is 0. The van der Waals surface area contributed by atoms with Gasteiger partial charge in [0.25, 0.3) is 0 Å². The van der Waals surface area contributed by atoms with Crippen LogP contribution in [0.5, 0.6) is 5.75 Å². The smallest absolute Gasteiger partial charge is 0.437 e. The van der Waals surface area contributed by atoms with Crippen LogP contribution in [0, 0.1) is 0 Å². The van der Waals surface area contributed by atoms with Gasteiger partial charge in [-0.1, -0.05) is 5.16 Å². The van der Waals surface area contributed by atoms with Gasteiger partial charge in [0, 0.05) is 12.7 Å². The molecule has 1 rings (SSSR count). The molecule has 0 aliphatic carbocycles. The van der Waals surface area contributed by atoms with Gasteiger partial charge in [0.2, 0.25) is 0 Å². The number of nitrogens with zero attached hydrogens (tertiary/aromatic N) is 1. The van der Waals surface area contributed by atoms with Crippen molar-refractivity contribution in [3.8, 4) is 5.75 Å². The second kappa shape index (κ2) is 9.59. The van der Waals surface area contributed by atoms with Gasteiger partial charge in [-0.15, -0.1) is 0 Å². The van der Waals surface area contributed by atoms with Crippen molar-refractivity contribution < 1.29 is 40.1 Å². The number of rotatable bonds is 10. The van der Waals surface area contributed by atoms with E-state index in [9.17, 15) is 21.6 Å². The Bertz CT molecular complexity index is 658. The van der Waals surface area contributed by atoms with Crippen LogP contribution in [0.4, 0.5) is 13.2 Å². The lowest BCUT2D eigenvalue weighted by molar-refractivity contribution is -0.0597. The van der Waals surface area contributed by atoms with Gasteiger partial charge in [-0.3, -0.25) is 4.28 Å². The van der Waals surface area contributed by atoms with Gasteiger partial charge in [0.15, 0.2) is 5.71 Å².